The Balaban J connectivity index is 2.03. The molecular formula is C17H20F3N5O3. The van der Waals surface area contributed by atoms with Gasteiger partial charge in [0.2, 0.25) is 11.7 Å². The number of pyridine rings is 1. The molecule has 0 unspecified atom stereocenters. The van der Waals surface area contributed by atoms with Crippen LogP contribution in [0.1, 0.15) is 30.4 Å². The quantitative estimate of drug-likeness (QED) is 0.765. The van der Waals surface area contributed by atoms with Gasteiger partial charge in [0.1, 0.15) is 5.82 Å². The lowest BCUT2D eigenvalue weighted by Gasteiger charge is -2.19. The number of aryl methyl sites for hydroxylation is 1. The predicted octanol–water partition coefficient (Wildman–Crippen LogP) is 2.71. The van der Waals surface area contributed by atoms with Crippen molar-refractivity contribution in [2.24, 2.45) is 5.92 Å². The van der Waals surface area contributed by atoms with Crippen LogP contribution in [0.4, 0.5) is 24.7 Å². The summed E-state index contributed by atoms with van der Waals surface area (Å²) >= 11 is 0. The van der Waals surface area contributed by atoms with Gasteiger partial charge in [0.15, 0.2) is 5.69 Å². The number of anilines is 2. The lowest BCUT2D eigenvalue weighted by atomic mass is 10.2. The van der Waals surface area contributed by atoms with Gasteiger partial charge >= 0.3 is 11.7 Å². The van der Waals surface area contributed by atoms with E-state index in [0.29, 0.717) is 0 Å². The Hall–Kier alpha value is -2.69. The van der Waals surface area contributed by atoms with Crippen LogP contribution in [0.5, 0.6) is 5.88 Å². The van der Waals surface area contributed by atoms with Crippen LogP contribution < -0.4 is 15.6 Å². The smallest absolute Gasteiger partial charge is 0.435 e. The van der Waals surface area contributed by atoms with E-state index in [-0.39, 0.29) is 36.1 Å². The summed E-state index contributed by atoms with van der Waals surface area (Å²) < 4.78 is 51.3. The largest absolute Gasteiger partial charge is 0.481 e. The Kier molecular flexibility index (Phi) is 5.54. The molecule has 0 bridgehead atoms. The zero-order valence-electron chi connectivity index (χ0n) is 15.6. The van der Waals surface area contributed by atoms with Gasteiger partial charge in [-0.05, 0) is 31.7 Å². The second-order valence-electron chi connectivity index (χ2n) is 6.49. The fraction of sp³-hybridized carbons (Fsp3) is 0.529. The molecule has 1 saturated carbocycles. The highest BCUT2D eigenvalue weighted by Crippen LogP contribution is 2.39. The lowest BCUT2D eigenvalue weighted by molar-refractivity contribution is -0.140. The van der Waals surface area contributed by atoms with Crippen LogP contribution in [0.3, 0.4) is 0 Å². The first-order valence-corrected chi connectivity index (χ1v) is 8.60. The minimum absolute atomic E-state index is 0.192. The first-order valence-electron chi connectivity index (χ1n) is 8.60. The van der Waals surface area contributed by atoms with Crippen molar-refractivity contribution in [3.63, 3.8) is 0 Å². The number of alkyl halides is 3. The normalized spacial score (nSPS) is 15.4. The Morgan fingerprint density at radius 1 is 1.29 bits per heavy atom. The van der Waals surface area contributed by atoms with Gasteiger partial charge in [-0.3, -0.25) is 4.79 Å². The van der Waals surface area contributed by atoms with E-state index in [9.17, 15) is 18.0 Å². The van der Waals surface area contributed by atoms with Crippen molar-refractivity contribution in [1.29, 1.82) is 0 Å². The summed E-state index contributed by atoms with van der Waals surface area (Å²) in [5.41, 5.74) is -2.22. The molecule has 152 valence electrons. The minimum atomic E-state index is -4.75. The molecule has 0 radical (unpaired) electrons. The van der Waals surface area contributed by atoms with Gasteiger partial charge in [-0.1, -0.05) is 0 Å². The molecular weight excluding hydrogens is 379 g/mol. The molecule has 2 heterocycles. The standard InChI is InChI=1S/C17H20F3N5O3/c1-9-21-15(16(26)25(24-9)12(8-27-2)10-4-5-10)22-11-6-7-13(28-3)23-14(11)17(18,19)20/h6-7,10,12H,4-5,8H2,1-3H3,(H,21,22,24)/t12-/m1/s1. The molecule has 28 heavy (non-hydrogen) atoms. The van der Waals surface area contributed by atoms with Crippen LogP contribution in [0.25, 0.3) is 0 Å². The molecule has 1 N–H and O–H groups in total. The van der Waals surface area contributed by atoms with Crippen molar-refractivity contribution in [2.45, 2.75) is 32.0 Å². The summed E-state index contributed by atoms with van der Waals surface area (Å²) in [4.78, 5) is 20.3. The van der Waals surface area contributed by atoms with E-state index in [1.807, 2.05) is 0 Å². The van der Waals surface area contributed by atoms with E-state index in [1.165, 1.54) is 25.0 Å². The highest BCUT2D eigenvalue weighted by molar-refractivity contribution is 5.59. The second-order valence-corrected chi connectivity index (χ2v) is 6.49. The first-order chi connectivity index (χ1) is 13.2. The molecule has 3 rings (SSSR count). The number of rotatable bonds is 7. The van der Waals surface area contributed by atoms with E-state index in [2.05, 4.69) is 20.4 Å². The molecule has 1 fully saturated rings. The van der Waals surface area contributed by atoms with E-state index < -0.39 is 23.1 Å². The molecule has 1 atom stereocenters. The number of halogens is 3. The van der Waals surface area contributed by atoms with Crippen molar-refractivity contribution in [3.8, 4) is 5.88 Å². The van der Waals surface area contributed by atoms with Crippen LogP contribution >= 0.6 is 0 Å². The Morgan fingerprint density at radius 3 is 2.57 bits per heavy atom. The maximum absolute atomic E-state index is 13.4. The molecule has 1 aliphatic carbocycles. The third-order valence-electron chi connectivity index (χ3n) is 4.35. The number of hydrogen-bond donors (Lipinski definition) is 1. The van der Waals surface area contributed by atoms with Gasteiger partial charge in [-0.2, -0.15) is 18.3 Å². The molecule has 2 aromatic heterocycles. The highest BCUT2D eigenvalue weighted by Gasteiger charge is 2.37. The van der Waals surface area contributed by atoms with Crippen molar-refractivity contribution in [1.82, 2.24) is 19.7 Å². The van der Waals surface area contributed by atoms with Crippen LogP contribution in [0.2, 0.25) is 0 Å². The third kappa shape index (κ3) is 4.24. The van der Waals surface area contributed by atoms with Gasteiger partial charge in [0.05, 0.1) is 25.4 Å². The highest BCUT2D eigenvalue weighted by atomic mass is 19.4. The van der Waals surface area contributed by atoms with Gasteiger partial charge in [-0.15, -0.1) is 0 Å². The Labute approximate surface area is 158 Å². The fourth-order valence-corrected chi connectivity index (χ4v) is 2.91. The molecule has 0 spiro atoms. The summed E-state index contributed by atoms with van der Waals surface area (Å²) in [5.74, 6) is 0.0434. The number of aromatic nitrogens is 4. The SMILES string of the molecule is COC[C@H](C1CC1)n1nc(C)nc(Nc2ccc(OC)nc2C(F)(F)F)c1=O. The molecule has 8 nitrogen and oxygen atoms in total. The maximum atomic E-state index is 13.4. The molecule has 2 aromatic rings. The van der Waals surface area contributed by atoms with Crippen LogP contribution in [-0.2, 0) is 10.9 Å². The summed E-state index contributed by atoms with van der Waals surface area (Å²) in [6.45, 7) is 1.84. The van der Waals surface area contributed by atoms with Crippen LogP contribution in [-0.4, -0.2) is 40.6 Å². The Morgan fingerprint density at radius 2 is 2.00 bits per heavy atom. The maximum Gasteiger partial charge on any atom is 0.435 e. The zero-order chi connectivity index (χ0) is 20.5. The first kappa shape index (κ1) is 20.1. The molecule has 0 amide bonds. The number of nitrogens with zero attached hydrogens (tertiary/aromatic N) is 4. The molecule has 11 heteroatoms. The van der Waals surface area contributed by atoms with Crippen molar-refractivity contribution in [2.75, 3.05) is 26.1 Å². The van der Waals surface area contributed by atoms with E-state index in [0.717, 1.165) is 18.9 Å². The van der Waals surface area contributed by atoms with E-state index >= 15 is 0 Å². The molecule has 1 aliphatic rings. The van der Waals surface area contributed by atoms with Gasteiger partial charge < -0.3 is 14.8 Å². The number of ether oxygens (including phenoxy) is 2. The van der Waals surface area contributed by atoms with Gasteiger partial charge in [0.25, 0.3) is 0 Å². The molecule has 0 saturated heterocycles. The number of methoxy groups -OCH3 is 2. The monoisotopic (exact) mass is 399 g/mol. The van der Waals surface area contributed by atoms with E-state index in [4.69, 9.17) is 9.47 Å². The molecule has 0 aliphatic heterocycles. The van der Waals surface area contributed by atoms with Crippen LogP contribution in [0, 0.1) is 12.8 Å². The summed E-state index contributed by atoms with van der Waals surface area (Å²) in [6.07, 6.45) is -2.87. The van der Waals surface area contributed by atoms with Gasteiger partial charge in [-0.25, -0.2) is 14.6 Å². The molecule has 0 aromatic carbocycles. The average Bonchev–Trinajstić information content (AvgIpc) is 3.47. The number of hydrogen-bond acceptors (Lipinski definition) is 7. The lowest BCUT2D eigenvalue weighted by Crippen LogP contribution is -2.34. The summed E-state index contributed by atoms with van der Waals surface area (Å²) in [5, 5.41) is 6.64. The van der Waals surface area contributed by atoms with E-state index in [1.54, 1.807) is 6.92 Å². The van der Waals surface area contributed by atoms with Crippen molar-refractivity contribution < 1.29 is 22.6 Å². The zero-order valence-corrected chi connectivity index (χ0v) is 15.6. The minimum Gasteiger partial charge on any atom is -0.481 e. The van der Waals surface area contributed by atoms with Gasteiger partial charge in [0, 0.05) is 13.2 Å². The summed E-state index contributed by atoms with van der Waals surface area (Å²) in [6, 6.07) is 2.11. The average molecular weight is 399 g/mol. The fourth-order valence-electron chi connectivity index (χ4n) is 2.91. The topological polar surface area (TPSA) is 91.2 Å². The predicted molar refractivity (Wildman–Crippen MR) is 93.7 cm³/mol. The van der Waals surface area contributed by atoms with Crippen molar-refractivity contribution in [3.05, 3.63) is 34.0 Å². The third-order valence-corrected chi connectivity index (χ3v) is 4.35. The summed E-state index contributed by atoms with van der Waals surface area (Å²) in [7, 11) is 2.74. The van der Waals surface area contributed by atoms with Crippen LogP contribution in [0.15, 0.2) is 16.9 Å². The van der Waals surface area contributed by atoms with Crippen molar-refractivity contribution >= 4 is 11.5 Å². The Bertz CT molecular complexity index is 912. The number of nitrogens with one attached hydrogen (secondary N) is 1. The second kappa shape index (κ2) is 7.74.